The lowest BCUT2D eigenvalue weighted by molar-refractivity contribution is 0.185. The molecule has 0 aromatic heterocycles. The number of benzene rings is 1. The molecule has 0 saturated carbocycles. The summed E-state index contributed by atoms with van der Waals surface area (Å²) in [4.78, 5) is 0.450. The summed E-state index contributed by atoms with van der Waals surface area (Å²) in [6, 6.07) is 4.80. The molecule has 1 nitrogen and oxygen atoms in total. The van der Waals surface area contributed by atoms with E-state index in [2.05, 4.69) is 48.8 Å². The lowest BCUT2D eigenvalue weighted by Crippen LogP contribution is -2.12. The maximum Gasteiger partial charge on any atom is 0.0509 e. The van der Waals surface area contributed by atoms with Crippen molar-refractivity contribution in [3.8, 4) is 0 Å². The fraction of sp³-hybridized carbons (Fsp3) is 0.647. The van der Waals surface area contributed by atoms with Crippen LogP contribution in [0.1, 0.15) is 54.3 Å². The molecule has 0 N–H and O–H groups in total. The van der Waals surface area contributed by atoms with Crippen LogP contribution in [-0.4, -0.2) is 13.2 Å². The third-order valence-corrected chi connectivity index (χ3v) is 5.44. The molecule has 0 amide bonds. The fourth-order valence-electron chi connectivity index (χ4n) is 3.01. The van der Waals surface area contributed by atoms with Crippen LogP contribution < -0.4 is 0 Å². The van der Waals surface area contributed by atoms with E-state index in [0.717, 1.165) is 32.5 Å². The van der Waals surface area contributed by atoms with Crippen molar-refractivity contribution in [3.63, 3.8) is 0 Å². The second-order valence-corrected chi connectivity index (χ2v) is 6.40. The molecule has 1 fully saturated rings. The molecule has 1 saturated heterocycles. The minimum atomic E-state index is 0.450. The van der Waals surface area contributed by atoms with Gasteiger partial charge in [-0.05, 0) is 47.9 Å². The molecular weight excluding hydrogens is 300 g/mol. The summed E-state index contributed by atoms with van der Waals surface area (Å²) in [5, 5.41) is 0. The van der Waals surface area contributed by atoms with Gasteiger partial charge in [-0.25, -0.2) is 0 Å². The molecule has 2 rings (SSSR count). The summed E-state index contributed by atoms with van der Waals surface area (Å²) >= 11 is 3.96. The van der Waals surface area contributed by atoms with Crippen molar-refractivity contribution in [2.24, 2.45) is 5.92 Å². The lowest BCUT2D eigenvalue weighted by atomic mass is 9.87. The Morgan fingerprint density at radius 2 is 1.79 bits per heavy atom. The average Bonchev–Trinajstić information content (AvgIpc) is 2.99. The Morgan fingerprint density at radius 3 is 2.21 bits per heavy atom. The number of aryl methyl sites for hydroxylation is 3. The zero-order valence-corrected chi connectivity index (χ0v) is 13.9. The van der Waals surface area contributed by atoms with Gasteiger partial charge in [0.25, 0.3) is 0 Å². The molecule has 0 radical (unpaired) electrons. The third-order valence-electron chi connectivity index (χ3n) is 4.24. The lowest BCUT2D eigenvalue weighted by Gasteiger charge is -2.23. The highest BCUT2D eigenvalue weighted by molar-refractivity contribution is 9.09. The highest BCUT2D eigenvalue weighted by Crippen LogP contribution is 2.40. The van der Waals surface area contributed by atoms with E-state index in [4.69, 9.17) is 4.74 Å². The van der Waals surface area contributed by atoms with Crippen LogP contribution in [0.2, 0.25) is 0 Å². The van der Waals surface area contributed by atoms with Crippen LogP contribution in [-0.2, 0) is 24.0 Å². The molecule has 0 bridgehead atoms. The highest BCUT2D eigenvalue weighted by Gasteiger charge is 2.28. The van der Waals surface area contributed by atoms with E-state index in [0.29, 0.717) is 10.7 Å². The summed E-state index contributed by atoms with van der Waals surface area (Å²) in [6.45, 7) is 8.59. The van der Waals surface area contributed by atoms with E-state index in [1.54, 1.807) is 0 Å². The first-order chi connectivity index (χ1) is 9.21. The number of alkyl halides is 1. The topological polar surface area (TPSA) is 9.23 Å². The Bertz CT molecular complexity index is 396. The Labute approximate surface area is 125 Å². The van der Waals surface area contributed by atoms with Crippen molar-refractivity contribution in [2.75, 3.05) is 13.2 Å². The van der Waals surface area contributed by atoms with Gasteiger partial charge in [0.05, 0.1) is 6.61 Å². The number of hydrogen-bond acceptors (Lipinski definition) is 1. The van der Waals surface area contributed by atoms with Gasteiger partial charge in [-0.2, -0.15) is 0 Å². The molecule has 2 atom stereocenters. The summed E-state index contributed by atoms with van der Waals surface area (Å²) < 4.78 is 5.56. The zero-order chi connectivity index (χ0) is 13.8. The number of rotatable bonds is 5. The van der Waals surface area contributed by atoms with Gasteiger partial charge >= 0.3 is 0 Å². The largest absolute Gasteiger partial charge is 0.381 e. The van der Waals surface area contributed by atoms with Crippen molar-refractivity contribution < 1.29 is 4.74 Å². The molecule has 1 aromatic carbocycles. The molecule has 19 heavy (non-hydrogen) atoms. The molecule has 1 aliphatic heterocycles. The van der Waals surface area contributed by atoms with Gasteiger partial charge < -0.3 is 4.74 Å². The maximum atomic E-state index is 5.56. The van der Waals surface area contributed by atoms with E-state index in [1.165, 1.54) is 28.7 Å². The summed E-state index contributed by atoms with van der Waals surface area (Å²) in [7, 11) is 0. The van der Waals surface area contributed by atoms with Crippen LogP contribution in [0.5, 0.6) is 0 Å². The molecule has 106 valence electrons. The van der Waals surface area contributed by atoms with Gasteiger partial charge in [0.2, 0.25) is 0 Å². The van der Waals surface area contributed by atoms with Crippen molar-refractivity contribution in [1.82, 2.24) is 0 Å². The standard InChI is InChI=1S/C17H25BrO/c1-4-12-9-13(5-2)16(14(6-3)10-12)17(18)15-7-8-19-11-15/h9-10,15,17H,4-8,11H2,1-3H3. The first kappa shape index (κ1) is 15.1. The smallest absolute Gasteiger partial charge is 0.0509 e. The van der Waals surface area contributed by atoms with Crippen LogP contribution in [0.15, 0.2) is 12.1 Å². The Balaban J connectivity index is 2.40. The van der Waals surface area contributed by atoms with E-state index < -0.39 is 0 Å². The number of ether oxygens (including phenoxy) is 1. The Morgan fingerprint density at radius 1 is 1.16 bits per heavy atom. The van der Waals surface area contributed by atoms with Crippen molar-refractivity contribution in [3.05, 3.63) is 34.4 Å². The Hall–Kier alpha value is -0.340. The van der Waals surface area contributed by atoms with Gasteiger partial charge in [-0.15, -0.1) is 0 Å². The summed E-state index contributed by atoms with van der Waals surface area (Å²) in [5.41, 5.74) is 6.05. The molecule has 2 heteroatoms. The summed E-state index contributed by atoms with van der Waals surface area (Å²) in [5.74, 6) is 0.628. The van der Waals surface area contributed by atoms with Gasteiger partial charge in [0, 0.05) is 17.4 Å². The maximum absolute atomic E-state index is 5.56. The minimum Gasteiger partial charge on any atom is -0.381 e. The van der Waals surface area contributed by atoms with Crippen LogP contribution >= 0.6 is 15.9 Å². The first-order valence-corrected chi connectivity index (χ1v) is 8.49. The molecule has 2 unspecified atom stereocenters. The van der Waals surface area contributed by atoms with Crippen molar-refractivity contribution in [2.45, 2.75) is 51.3 Å². The molecule has 0 aliphatic carbocycles. The molecule has 0 spiro atoms. The highest BCUT2D eigenvalue weighted by atomic mass is 79.9. The fourth-order valence-corrected chi connectivity index (χ4v) is 4.02. The van der Waals surface area contributed by atoms with Crippen LogP contribution in [0, 0.1) is 5.92 Å². The average molecular weight is 325 g/mol. The quantitative estimate of drug-likeness (QED) is 0.704. The van der Waals surface area contributed by atoms with E-state index in [9.17, 15) is 0 Å². The molecule has 1 aliphatic rings. The van der Waals surface area contributed by atoms with Crippen LogP contribution in [0.4, 0.5) is 0 Å². The zero-order valence-electron chi connectivity index (χ0n) is 12.3. The molecule has 1 heterocycles. The predicted molar refractivity (Wildman–Crippen MR) is 85.2 cm³/mol. The first-order valence-electron chi connectivity index (χ1n) is 7.57. The second-order valence-electron chi connectivity index (χ2n) is 5.41. The summed E-state index contributed by atoms with van der Waals surface area (Å²) in [6.07, 6.45) is 4.54. The van der Waals surface area contributed by atoms with Gasteiger partial charge in [0.1, 0.15) is 0 Å². The van der Waals surface area contributed by atoms with Crippen LogP contribution in [0.25, 0.3) is 0 Å². The van der Waals surface area contributed by atoms with Crippen LogP contribution in [0.3, 0.4) is 0 Å². The normalized spacial score (nSPS) is 20.7. The van der Waals surface area contributed by atoms with E-state index >= 15 is 0 Å². The Kier molecular flexibility index (Phi) is 5.47. The second kappa shape index (κ2) is 6.90. The number of hydrogen-bond donors (Lipinski definition) is 0. The predicted octanol–water partition coefficient (Wildman–Crippen LogP) is 4.85. The van der Waals surface area contributed by atoms with Gasteiger partial charge in [-0.1, -0.05) is 48.8 Å². The number of halogens is 1. The van der Waals surface area contributed by atoms with E-state index in [1.807, 2.05) is 0 Å². The van der Waals surface area contributed by atoms with Crippen molar-refractivity contribution in [1.29, 1.82) is 0 Å². The van der Waals surface area contributed by atoms with Crippen molar-refractivity contribution >= 4 is 15.9 Å². The molecule has 1 aromatic rings. The third kappa shape index (κ3) is 3.22. The molecular formula is C17H25BrO. The SMILES string of the molecule is CCc1cc(CC)c(C(Br)C2CCOC2)c(CC)c1. The monoisotopic (exact) mass is 324 g/mol. The van der Waals surface area contributed by atoms with Gasteiger partial charge in [-0.3, -0.25) is 0 Å². The minimum absolute atomic E-state index is 0.450. The van der Waals surface area contributed by atoms with Gasteiger partial charge in [0.15, 0.2) is 0 Å². The van der Waals surface area contributed by atoms with E-state index in [-0.39, 0.29) is 0 Å².